The van der Waals surface area contributed by atoms with Gasteiger partial charge in [-0.15, -0.1) is 0 Å². The van der Waals surface area contributed by atoms with Crippen molar-refractivity contribution >= 4 is 44.1 Å². The van der Waals surface area contributed by atoms with Crippen LogP contribution in [0.15, 0.2) is 121 Å². The van der Waals surface area contributed by atoms with Gasteiger partial charge in [-0.1, -0.05) is 105 Å². The zero-order chi connectivity index (χ0) is 66.6. The fourth-order valence-corrected chi connectivity index (χ4v) is 12.0. The summed E-state index contributed by atoms with van der Waals surface area (Å²) in [6.45, 7) is 14.0. The average molecular weight is 1290 g/mol. The summed E-state index contributed by atoms with van der Waals surface area (Å²) in [5.74, 6) is -3.34. The van der Waals surface area contributed by atoms with Crippen molar-refractivity contribution in [3.05, 3.63) is 155 Å². The highest BCUT2D eigenvalue weighted by molar-refractivity contribution is 6.76. The summed E-state index contributed by atoms with van der Waals surface area (Å²) < 4.78 is 75.2. The molecule has 10 atom stereocenters. The molecule has 0 amide bonds. The van der Waals surface area contributed by atoms with E-state index < -0.39 is 92.4 Å². The number of rotatable bonds is 29. The van der Waals surface area contributed by atoms with Gasteiger partial charge in [0.15, 0.2) is 25.2 Å². The maximum Gasteiger partial charge on any atom is 0.342 e. The second kappa shape index (κ2) is 34.1. The van der Waals surface area contributed by atoms with Gasteiger partial charge in [0.25, 0.3) is 0 Å². The van der Waals surface area contributed by atoms with Crippen LogP contribution < -0.4 is 18.9 Å². The number of aliphatic hydroxyl groups is 2. The van der Waals surface area contributed by atoms with Crippen LogP contribution in [-0.2, 0) is 42.6 Å². The van der Waals surface area contributed by atoms with Crippen LogP contribution in [0.3, 0.4) is 0 Å². The first-order chi connectivity index (χ1) is 43.9. The maximum atomic E-state index is 13.5. The number of benzene rings is 4. The van der Waals surface area contributed by atoms with Gasteiger partial charge in [-0.2, -0.15) is 0 Å². The molecule has 2 aliphatic carbocycles. The Morgan fingerprint density at radius 1 is 0.587 bits per heavy atom. The third kappa shape index (κ3) is 21.2. The minimum absolute atomic E-state index is 0.0295. The summed E-state index contributed by atoms with van der Waals surface area (Å²) in [4.78, 5) is 52.0. The highest BCUT2D eigenvalue weighted by Crippen LogP contribution is 2.39. The van der Waals surface area contributed by atoms with Crippen molar-refractivity contribution in [3.8, 4) is 23.0 Å². The van der Waals surface area contributed by atoms with Gasteiger partial charge in [0.05, 0.1) is 56.4 Å². The minimum Gasteiger partial charge on any atom is -0.497 e. The first-order valence-electron chi connectivity index (χ1n) is 31.3. The van der Waals surface area contributed by atoms with E-state index in [9.17, 15) is 34.5 Å². The van der Waals surface area contributed by atoms with Crippen molar-refractivity contribution in [3.63, 3.8) is 0 Å². The van der Waals surface area contributed by atoms with Crippen LogP contribution in [0.1, 0.15) is 132 Å². The van der Waals surface area contributed by atoms with Crippen molar-refractivity contribution in [2.24, 2.45) is 11.8 Å². The zero-order valence-electron chi connectivity index (χ0n) is 54.7. The minimum atomic E-state index is -1.44. The fraction of sp³-hybridized carbons (Fsp3) is 0.493. The summed E-state index contributed by atoms with van der Waals surface area (Å²) in [5, 5.41) is 30.8. The highest BCUT2D eigenvalue weighted by Gasteiger charge is 2.47. The molecule has 500 valence electrons. The number of ether oxygens (including phenoxy) is 13. The summed E-state index contributed by atoms with van der Waals surface area (Å²) in [6, 6.07) is 24.8. The van der Waals surface area contributed by atoms with Crippen LogP contribution in [-0.4, -0.2) is 156 Å². The molecule has 4 aromatic rings. The molecule has 2 saturated carbocycles. The van der Waals surface area contributed by atoms with Gasteiger partial charge in [-0.05, 0) is 132 Å². The quantitative estimate of drug-likeness (QED) is 0.0150. The lowest BCUT2D eigenvalue weighted by Gasteiger charge is -2.25. The highest BCUT2D eigenvalue weighted by atomic mass is 28.3. The molecule has 0 spiro atoms. The van der Waals surface area contributed by atoms with E-state index >= 15 is 0 Å². The van der Waals surface area contributed by atoms with Crippen LogP contribution in [0.2, 0.25) is 25.7 Å². The monoisotopic (exact) mass is 1290 g/mol. The van der Waals surface area contributed by atoms with Gasteiger partial charge in [0.2, 0.25) is 0 Å². The second-order valence-corrected chi connectivity index (χ2v) is 30.8. The number of hydrogen-bond donors (Lipinski definition) is 3. The number of carbonyl (C=O) groups excluding carboxylic acids is 3. The third-order valence-corrected chi connectivity index (χ3v) is 17.6. The molecular weight excluding hydrogens is 1200 g/mol. The van der Waals surface area contributed by atoms with E-state index in [1.807, 2.05) is 50.3 Å². The van der Waals surface area contributed by atoms with Gasteiger partial charge >= 0.3 is 23.9 Å². The smallest absolute Gasteiger partial charge is 0.342 e. The van der Waals surface area contributed by atoms with Crippen LogP contribution in [0, 0.1) is 11.8 Å². The average Bonchev–Trinajstić information content (AvgIpc) is 1.55. The SMILES string of the molecule is COCOc1cc(OC)cc(/C=C/C[C@@H]2OC(C)(C)O[C@@H]2C(/C=C\C2CCCC2O)OC(=O)c2ccccc2)c1C(=O)O.COCOc1cc(OC)cc(/C=C/C[C@@H]2OC(C)(C)O[C@@H]2C(/C=C\C2CCCC2O)OC(=O)c2ccccc2)c1C(=O)OCC[Si](C)(C)C. The van der Waals surface area contributed by atoms with E-state index in [0.29, 0.717) is 53.2 Å². The van der Waals surface area contributed by atoms with Gasteiger partial charge in [-0.3, -0.25) is 0 Å². The van der Waals surface area contributed by atoms with E-state index in [-0.39, 0.29) is 48.0 Å². The van der Waals surface area contributed by atoms with Gasteiger partial charge in [-0.25, -0.2) is 19.2 Å². The van der Waals surface area contributed by atoms with Crippen molar-refractivity contribution in [2.45, 2.75) is 165 Å². The number of aromatic carboxylic acids is 1. The topological polar surface area (TPSA) is 249 Å². The molecule has 4 aliphatic rings. The molecule has 92 heavy (non-hydrogen) atoms. The molecule has 2 saturated heterocycles. The molecule has 0 radical (unpaired) electrons. The van der Waals surface area contributed by atoms with Crippen molar-refractivity contribution in [1.29, 1.82) is 0 Å². The predicted octanol–water partition coefficient (Wildman–Crippen LogP) is 12.3. The summed E-state index contributed by atoms with van der Waals surface area (Å²) in [5.41, 5.74) is 1.96. The lowest BCUT2D eigenvalue weighted by atomic mass is 9.99. The Kier molecular flexibility index (Phi) is 26.8. The van der Waals surface area contributed by atoms with E-state index in [2.05, 4.69) is 19.6 Å². The van der Waals surface area contributed by atoms with Crippen molar-refractivity contribution < 1.29 is 96.1 Å². The Hall–Kier alpha value is -7.18. The molecule has 2 aliphatic heterocycles. The van der Waals surface area contributed by atoms with Gasteiger partial charge < -0.3 is 76.9 Å². The molecular formula is C71H92O20Si. The Morgan fingerprint density at radius 3 is 1.39 bits per heavy atom. The Balaban J connectivity index is 0.000000263. The summed E-state index contributed by atoms with van der Waals surface area (Å²) >= 11 is 0. The van der Waals surface area contributed by atoms with Crippen LogP contribution >= 0.6 is 0 Å². The molecule has 8 rings (SSSR count). The van der Waals surface area contributed by atoms with Crippen molar-refractivity contribution in [2.75, 3.05) is 48.6 Å². The molecule has 4 aromatic carbocycles. The number of carboxylic acid groups (broad SMARTS) is 1. The largest absolute Gasteiger partial charge is 0.497 e. The molecule has 4 fully saturated rings. The van der Waals surface area contributed by atoms with Crippen LogP contribution in [0.4, 0.5) is 0 Å². The standard InChI is InChI=1S/C38H52O10Si.C33H40O10/c1-38(2)47-32(35(48-38)31(20-19-26-15-11-17-30(26)39)46-36(40)27-13-9-8-10-14-27)18-12-16-28-23-29(43-4)24-33(45-25-42-3)34(28)37(41)44-21-22-49(5,6)7;1-33(2)42-27(15-9-13-23-18-24(39-4)19-28(40-20-38-3)29(23)31(35)36)30(43-33)26(17-16-21-12-8-14-25(21)34)41-32(37)22-10-6-5-7-11-22/h8-10,12-14,16,19-20,23-24,26,30-32,35,39H,11,15,17-18,21-22,25H2,1-7H3;5-7,9-11,13,16-19,21,25-27,30,34H,8,12,14-15,20H2,1-4H3,(H,35,36)/b16-12+,20-19-;13-9+,17-16-/t26?,30?,31?,32-,35+;21?,25?,26?,27-,30+/m00/s1. The van der Waals surface area contributed by atoms with Crippen LogP contribution in [0.5, 0.6) is 23.0 Å². The predicted molar refractivity (Wildman–Crippen MR) is 348 cm³/mol. The molecule has 3 N–H and O–H groups in total. The zero-order valence-corrected chi connectivity index (χ0v) is 55.7. The lowest BCUT2D eigenvalue weighted by Crippen LogP contribution is -2.37. The summed E-state index contributed by atoms with van der Waals surface area (Å²) in [6.07, 6.45) is 15.4. The van der Waals surface area contributed by atoms with Crippen molar-refractivity contribution in [1.82, 2.24) is 0 Å². The van der Waals surface area contributed by atoms with E-state index in [1.165, 1.54) is 27.4 Å². The van der Waals surface area contributed by atoms with Crippen LogP contribution in [0.25, 0.3) is 12.2 Å². The number of carboxylic acids is 1. The number of aliphatic hydroxyl groups excluding tert-OH is 2. The normalized spacial score (nSPS) is 23.3. The molecule has 6 unspecified atom stereocenters. The Labute approximate surface area is 541 Å². The molecule has 0 bridgehead atoms. The van der Waals surface area contributed by atoms with E-state index in [1.54, 1.807) is 112 Å². The van der Waals surface area contributed by atoms with E-state index in [4.69, 9.17) is 61.6 Å². The third-order valence-electron chi connectivity index (χ3n) is 15.9. The van der Waals surface area contributed by atoms with Gasteiger partial charge in [0, 0.05) is 46.3 Å². The number of hydrogen-bond acceptors (Lipinski definition) is 19. The molecule has 20 nitrogen and oxygen atoms in total. The summed E-state index contributed by atoms with van der Waals surface area (Å²) in [7, 11) is 4.53. The second-order valence-electron chi connectivity index (χ2n) is 25.2. The lowest BCUT2D eigenvalue weighted by molar-refractivity contribution is -0.153. The number of carbonyl (C=O) groups is 4. The van der Waals surface area contributed by atoms with E-state index in [0.717, 1.165) is 44.6 Å². The Bertz CT molecular complexity index is 3170. The first kappa shape index (κ1) is 72.2. The first-order valence-corrected chi connectivity index (χ1v) is 35.0. The molecule has 0 aromatic heterocycles. The number of esters is 3. The molecule has 21 heteroatoms. The molecule has 2 heterocycles. The van der Waals surface area contributed by atoms with Gasteiger partial charge in [0.1, 0.15) is 58.5 Å². The Morgan fingerprint density at radius 2 is 1.01 bits per heavy atom. The maximum absolute atomic E-state index is 13.5. The number of methoxy groups -OCH3 is 4. The fourth-order valence-electron chi connectivity index (χ4n) is 11.3.